The van der Waals surface area contributed by atoms with E-state index in [1.54, 1.807) is 37.3 Å². The number of nitrogens with one attached hydrogen (secondary N) is 2. The number of amides is 2. The number of nitrogens with zero attached hydrogens (tertiary/aromatic N) is 6. The van der Waals surface area contributed by atoms with Crippen molar-refractivity contribution in [3.05, 3.63) is 70.8 Å². The predicted octanol–water partition coefficient (Wildman–Crippen LogP) is 8.01. The van der Waals surface area contributed by atoms with E-state index in [0.29, 0.717) is 74.1 Å². The number of fused-ring (bicyclic) bond motifs is 1. The molecular formula is C45H63N8O13P. The van der Waals surface area contributed by atoms with E-state index in [1.807, 2.05) is 44.2 Å². The molecule has 366 valence electrons. The van der Waals surface area contributed by atoms with Gasteiger partial charge in [0.2, 0.25) is 11.8 Å². The summed E-state index contributed by atoms with van der Waals surface area (Å²) in [6.07, 6.45) is 1.20. The molecule has 21 nitrogen and oxygen atoms in total. The molecule has 0 saturated heterocycles. The van der Waals surface area contributed by atoms with Crippen molar-refractivity contribution in [2.45, 2.75) is 78.2 Å². The Labute approximate surface area is 391 Å². The highest BCUT2D eigenvalue weighted by atomic mass is 31.2. The summed E-state index contributed by atoms with van der Waals surface area (Å²) in [6.45, 7) is 8.04. The third-order valence-electron chi connectivity index (χ3n) is 9.48. The Kier molecular flexibility index (Phi) is 26.4. The number of nitro groups is 1. The number of carbonyl (C=O) groups is 3. The van der Waals surface area contributed by atoms with Crippen LogP contribution in [0.25, 0.3) is 10.8 Å². The van der Waals surface area contributed by atoms with Crippen molar-refractivity contribution in [2.24, 2.45) is 15.4 Å². The summed E-state index contributed by atoms with van der Waals surface area (Å²) in [5.74, 6) is -0.909. The molecule has 2 atom stereocenters. The molecular weight excluding hydrogens is 892 g/mol. The maximum atomic E-state index is 13.4. The first-order valence-electron chi connectivity index (χ1n) is 22.2. The first-order valence-corrected chi connectivity index (χ1v) is 23.7. The van der Waals surface area contributed by atoms with Crippen LogP contribution in [0.15, 0.2) is 76.0 Å². The highest BCUT2D eigenvalue weighted by Gasteiger charge is 2.31. The summed E-state index contributed by atoms with van der Waals surface area (Å²) < 4.78 is 45.7. The van der Waals surface area contributed by atoms with Gasteiger partial charge >= 0.3 is 13.8 Å². The number of non-ortho nitro benzene ring substituents is 1. The lowest BCUT2D eigenvalue weighted by molar-refractivity contribution is -0.383. The highest BCUT2D eigenvalue weighted by Crippen LogP contribution is 2.51. The van der Waals surface area contributed by atoms with Gasteiger partial charge in [0.15, 0.2) is 0 Å². The second kappa shape index (κ2) is 31.9. The Morgan fingerprint density at radius 3 is 2.31 bits per heavy atom. The van der Waals surface area contributed by atoms with E-state index < -0.39 is 24.8 Å². The maximum Gasteiger partial charge on any atom is 0.475 e. The molecule has 0 radical (unpaired) electrons. The number of phosphoric acid groups is 1. The number of ether oxygens (including phenoxy) is 3. The van der Waals surface area contributed by atoms with Crippen LogP contribution in [0.2, 0.25) is 0 Å². The lowest BCUT2D eigenvalue weighted by atomic mass is 10.1. The second-order valence-corrected chi connectivity index (χ2v) is 16.3. The Morgan fingerprint density at radius 2 is 1.60 bits per heavy atom. The number of nitro benzene ring substituents is 1. The Morgan fingerprint density at radius 1 is 0.851 bits per heavy atom. The summed E-state index contributed by atoms with van der Waals surface area (Å²) in [6, 6.07) is 19.6. The van der Waals surface area contributed by atoms with Gasteiger partial charge < -0.3 is 34.6 Å². The van der Waals surface area contributed by atoms with Crippen LogP contribution < -0.4 is 15.5 Å². The van der Waals surface area contributed by atoms with Crippen LogP contribution in [0.4, 0.5) is 22.7 Å². The summed E-state index contributed by atoms with van der Waals surface area (Å²) in [5.41, 5.74) is 2.93. The molecule has 0 aliphatic rings. The van der Waals surface area contributed by atoms with E-state index in [4.69, 9.17) is 37.9 Å². The number of hydrogen-bond donors (Lipinski definition) is 2. The number of methoxy groups -OCH3 is 1. The van der Waals surface area contributed by atoms with E-state index in [1.165, 1.54) is 13.2 Å². The molecule has 67 heavy (non-hydrogen) atoms. The molecule has 0 aromatic heterocycles. The SMILES string of the molecule is CCNC(=O)CCC(=O)OCCCOP(=O)(OCCC#N)OC(COC)COCCCNC(=O)CCC/C(C)=N\OCCN(CC)c1ccc(N=Nc2ccc([N+](=O)[O-])c3ccccc23)cc1. The number of hydrogen-bond acceptors (Lipinski definition) is 18. The number of anilines is 1. The predicted molar refractivity (Wildman–Crippen MR) is 250 cm³/mol. The van der Waals surface area contributed by atoms with Gasteiger partial charge in [0.25, 0.3) is 5.69 Å². The Hall–Kier alpha value is -5.88. The molecule has 2 N–H and O–H groups in total. The Bertz CT molecular complexity index is 2150. The quantitative estimate of drug-likeness (QED) is 0.0108. The van der Waals surface area contributed by atoms with Crippen molar-refractivity contribution in [3.8, 4) is 6.07 Å². The van der Waals surface area contributed by atoms with E-state index in [0.717, 1.165) is 17.9 Å². The van der Waals surface area contributed by atoms with Crippen molar-refractivity contribution in [1.29, 1.82) is 5.26 Å². The molecule has 3 rings (SSSR count). The zero-order chi connectivity index (χ0) is 48.7. The van der Waals surface area contributed by atoms with Crippen molar-refractivity contribution >= 4 is 64.8 Å². The average Bonchev–Trinajstić information content (AvgIpc) is 3.31. The van der Waals surface area contributed by atoms with E-state index in [-0.39, 0.29) is 82.8 Å². The lowest BCUT2D eigenvalue weighted by Crippen LogP contribution is -2.27. The fourth-order valence-electron chi connectivity index (χ4n) is 6.16. The van der Waals surface area contributed by atoms with Gasteiger partial charge in [-0.1, -0.05) is 23.4 Å². The van der Waals surface area contributed by atoms with E-state index >= 15 is 0 Å². The van der Waals surface area contributed by atoms with Crippen LogP contribution in [0.5, 0.6) is 0 Å². The molecule has 0 aliphatic carbocycles. The van der Waals surface area contributed by atoms with Gasteiger partial charge in [-0.3, -0.25) is 38.1 Å². The molecule has 0 bridgehead atoms. The number of carbonyl (C=O) groups excluding carboxylic acids is 3. The van der Waals surface area contributed by atoms with Crippen molar-refractivity contribution in [3.63, 3.8) is 0 Å². The van der Waals surface area contributed by atoms with Crippen LogP contribution in [0.3, 0.4) is 0 Å². The molecule has 0 aliphatic heterocycles. The number of likely N-dealkylation sites (N-methyl/N-ethyl adjacent to an activating group) is 1. The number of rotatable bonds is 35. The minimum absolute atomic E-state index is 0.00112. The van der Waals surface area contributed by atoms with Crippen LogP contribution in [-0.2, 0) is 51.6 Å². The number of oxime groups is 1. The largest absolute Gasteiger partial charge is 0.475 e. The maximum absolute atomic E-state index is 13.4. The minimum Gasteiger partial charge on any atom is -0.466 e. The molecule has 3 aromatic rings. The fourth-order valence-corrected chi connectivity index (χ4v) is 7.51. The van der Waals surface area contributed by atoms with Crippen LogP contribution in [0, 0.1) is 21.4 Å². The van der Waals surface area contributed by atoms with Crippen LogP contribution >= 0.6 is 7.82 Å². The molecule has 2 unspecified atom stereocenters. The third kappa shape index (κ3) is 22.0. The Balaban J connectivity index is 1.30. The van der Waals surface area contributed by atoms with Gasteiger partial charge in [-0.25, -0.2) is 4.57 Å². The number of esters is 1. The van der Waals surface area contributed by atoms with Crippen molar-refractivity contribution in [2.75, 3.05) is 84.4 Å². The number of phosphoric ester groups is 1. The fraction of sp³-hybridized carbons (Fsp3) is 0.533. The standard InChI is InChI=1S/C45H63N8O13P/c1-5-47-44(55)23-24-45(56)62-29-12-31-65-67(59,64-30-10-25-46)66-38(33-60-4)34-61-28-11-26-48-43(54)16-9-13-35(3)51-63-32-27-52(6-2)37-19-17-36(18-20-37)49-50-41-21-22-42(53(57)58)40-15-8-7-14-39(40)41/h7-8,14-15,17-22,38H,5-6,9-13,16,23-24,26-34H2,1-4H3,(H,47,55)(H,48,54)/b50-49?,51-35-. The highest BCUT2D eigenvalue weighted by molar-refractivity contribution is 7.48. The summed E-state index contributed by atoms with van der Waals surface area (Å²) >= 11 is 0. The molecule has 0 saturated carbocycles. The van der Waals surface area contributed by atoms with Gasteiger partial charge in [-0.2, -0.15) is 10.4 Å². The normalized spacial score (nSPS) is 12.9. The number of benzene rings is 3. The molecule has 0 fully saturated rings. The van der Waals surface area contributed by atoms with Gasteiger partial charge in [0, 0.05) is 69.8 Å². The molecule has 22 heteroatoms. The zero-order valence-electron chi connectivity index (χ0n) is 38.7. The number of azo groups is 1. The van der Waals surface area contributed by atoms with Gasteiger partial charge in [0.1, 0.15) is 12.7 Å². The van der Waals surface area contributed by atoms with Crippen LogP contribution in [0.1, 0.15) is 72.1 Å². The van der Waals surface area contributed by atoms with Crippen molar-refractivity contribution < 1.29 is 56.5 Å². The minimum atomic E-state index is -4.16. The van der Waals surface area contributed by atoms with Crippen LogP contribution in [-0.4, -0.2) is 114 Å². The molecule has 3 aromatic carbocycles. The molecule has 2 amide bonds. The average molecular weight is 955 g/mol. The zero-order valence-corrected chi connectivity index (χ0v) is 39.6. The lowest BCUT2D eigenvalue weighted by Gasteiger charge is -2.23. The monoisotopic (exact) mass is 954 g/mol. The number of nitriles is 1. The van der Waals surface area contributed by atoms with Crippen molar-refractivity contribution in [1.82, 2.24) is 10.6 Å². The topological polar surface area (TPSA) is 264 Å². The summed E-state index contributed by atoms with van der Waals surface area (Å²) in [7, 11) is -2.73. The first kappa shape index (κ1) is 55.4. The first-order chi connectivity index (χ1) is 32.4. The van der Waals surface area contributed by atoms with Gasteiger partial charge in [-0.15, -0.1) is 5.11 Å². The van der Waals surface area contributed by atoms with Gasteiger partial charge in [0.05, 0.1) is 85.9 Å². The second-order valence-electron chi connectivity index (χ2n) is 14.7. The smallest absolute Gasteiger partial charge is 0.466 e. The summed E-state index contributed by atoms with van der Waals surface area (Å²) in [5, 5.41) is 39.9. The van der Waals surface area contributed by atoms with Gasteiger partial charge in [-0.05, 0) is 76.4 Å². The third-order valence-corrected chi connectivity index (χ3v) is 11.0. The van der Waals surface area contributed by atoms with E-state index in [2.05, 4.69) is 30.9 Å². The summed E-state index contributed by atoms with van der Waals surface area (Å²) in [4.78, 5) is 54.6. The molecule has 0 spiro atoms. The van der Waals surface area contributed by atoms with E-state index in [9.17, 15) is 29.1 Å². The molecule has 0 heterocycles.